The summed E-state index contributed by atoms with van der Waals surface area (Å²) in [5.41, 5.74) is 2.50. The number of pyridine rings is 1. The van der Waals surface area contributed by atoms with E-state index in [0.717, 1.165) is 5.56 Å². The van der Waals surface area contributed by atoms with Crippen LogP contribution in [-0.2, 0) is 11.3 Å². The molecule has 0 unspecified atom stereocenters. The van der Waals surface area contributed by atoms with Gasteiger partial charge in [0.25, 0.3) is 11.8 Å². The second-order valence-corrected chi connectivity index (χ2v) is 7.13. The minimum Gasteiger partial charge on any atom is -0.348 e. The predicted molar refractivity (Wildman–Crippen MR) is 114 cm³/mol. The van der Waals surface area contributed by atoms with Crippen molar-refractivity contribution in [3.8, 4) is 0 Å². The highest BCUT2D eigenvalue weighted by Crippen LogP contribution is 2.28. The summed E-state index contributed by atoms with van der Waals surface area (Å²) in [5.74, 6) is -1.25. The van der Waals surface area contributed by atoms with Crippen molar-refractivity contribution in [2.75, 3.05) is 5.32 Å². The fourth-order valence-corrected chi connectivity index (χ4v) is 3.19. The number of carbonyl (C=O) groups is 3. The summed E-state index contributed by atoms with van der Waals surface area (Å²) in [7, 11) is 0. The first-order valence-electron chi connectivity index (χ1n) is 9.16. The molecule has 2 aromatic carbocycles. The van der Waals surface area contributed by atoms with Crippen molar-refractivity contribution in [1.29, 1.82) is 0 Å². The van der Waals surface area contributed by atoms with Crippen LogP contribution >= 0.6 is 11.6 Å². The SMILES string of the molecule is O=C1Nc2ccc(C(=O)NCc3cccnc3)cc2C(=O)C1=Cc1ccc(Cl)cc1. The van der Waals surface area contributed by atoms with Gasteiger partial charge in [-0.3, -0.25) is 19.4 Å². The van der Waals surface area contributed by atoms with Crippen LogP contribution in [0.1, 0.15) is 31.8 Å². The molecule has 6 nitrogen and oxygen atoms in total. The van der Waals surface area contributed by atoms with Crippen LogP contribution in [0.3, 0.4) is 0 Å². The molecule has 2 amide bonds. The third kappa shape index (κ3) is 4.14. The zero-order valence-electron chi connectivity index (χ0n) is 15.7. The standard InChI is InChI=1S/C23H16ClN3O3/c24-17-6-3-14(4-7-17)10-19-21(28)18-11-16(5-8-20(18)27-23(19)30)22(29)26-13-15-2-1-9-25-12-15/h1-12H,13H2,(H,26,29)(H,27,30). The molecule has 3 aromatic rings. The molecule has 0 radical (unpaired) electrons. The Morgan fingerprint density at radius 3 is 2.63 bits per heavy atom. The van der Waals surface area contributed by atoms with Gasteiger partial charge in [-0.1, -0.05) is 29.8 Å². The number of hydrogen-bond acceptors (Lipinski definition) is 4. The minimum absolute atomic E-state index is 0.00209. The quantitative estimate of drug-likeness (QED) is 0.498. The van der Waals surface area contributed by atoms with E-state index in [1.54, 1.807) is 54.9 Å². The monoisotopic (exact) mass is 417 g/mol. The van der Waals surface area contributed by atoms with Crippen LogP contribution in [0.25, 0.3) is 6.08 Å². The third-order valence-electron chi connectivity index (χ3n) is 4.62. The van der Waals surface area contributed by atoms with E-state index in [4.69, 9.17) is 11.6 Å². The van der Waals surface area contributed by atoms with E-state index < -0.39 is 11.7 Å². The average molecular weight is 418 g/mol. The van der Waals surface area contributed by atoms with Crippen molar-refractivity contribution in [2.45, 2.75) is 6.54 Å². The lowest BCUT2D eigenvalue weighted by Gasteiger charge is -2.19. The fourth-order valence-electron chi connectivity index (χ4n) is 3.06. The molecule has 0 spiro atoms. The Labute approximate surface area is 177 Å². The molecular weight excluding hydrogens is 402 g/mol. The number of ketones is 1. The van der Waals surface area contributed by atoms with Gasteiger partial charge in [-0.25, -0.2) is 0 Å². The summed E-state index contributed by atoms with van der Waals surface area (Å²) in [6.45, 7) is 0.316. The largest absolute Gasteiger partial charge is 0.348 e. The molecule has 2 heterocycles. The Morgan fingerprint density at radius 1 is 1.10 bits per heavy atom. The number of hydrogen-bond donors (Lipinski definition) is 2. The topological polar surface area (TPSA) is 88.2 Å². The molecule has 0 atom stereocenters. The first kappa shape index (κ1) is 19.5. The lowest BCUT2D eigenvalue weighted by molar-refractivity contribution is -0.112. The lowest BCUT2D eigenvalue weighted by atomic mass is 9.93. The van der Waals surface area contributed by atoms with Crippen LogP contribution < -0.4 is 10.6 Å². The van der Waals surface area contributed by atoms with E-state index >= 15 is 0 Å². The van der Waals surface area contributed by atoms with Crippen LogP contribution in [0.2, 0.25) is 5.02 Å². The zero-order chi connectivity index (χ0) is 21.1. The van der Waals surface area contributed by atoms with E-state index in [0.29, 0.717) is 28.4 Å². The van der Waals surface area contributed by atoms with Crippen LogP contribution in [0.4, 0.5) is 5.69 Å². The number of nitrogens with one attached hydrogen (secondary N) is 2. The number of benzene rings is 2. The van der Waals surface area contributed by atoms with Crippen molar-refractivity contribution in [1.82, 2.24) is 10.3 Å². The van der Waals surface area contributed by atoms with Crippen molar-refractivity contribution < 1.29 is 14.4 Å². The van der Waals surface area contributed by atoms with Gasteiger partial charge in [0.05, 0.1) is 11.3 Å². The fraction of sp³-hybridized carbons (Fsp3) is 0.0435. The Balaban J connectivity index is 1.58. The predicted octanol–water partition coefficient (Wildman–Crippen LogP) is 3.88. The maximum Gasteiger partial charge on any atom is 0.259 e. The van der Waals surface area contributed by atoms with Gasteiger partial charge in [-0.05, 0) is 53.6 Å². The van der Waals surface area contributed by atoms with Gasteiger partial charge in [-0.2, -0.15) is 0 Å². The molecule has 1 aromatic heterocycles. The van der Waals surface area contributed by atoms with Gasteiger partial charge in [0, 0.05) is 35.1 Å². The van der Waals surface area contributed by atoms with Crippen molar-refractivity contribution >= 4 is 41.0 Å². The second-order valence-electron chi connectivity index (χ2n) is 6.70. The van der Waals surface area contributed by atoms with E-state index in [1.807, 2.05) is 6.07 Å². The average Bonchev–Trinajstić information content (AvgIpc) is 2.77. The van der Waals surface area contributed by atoms with E-state index in [-0.39, 0.29) is 17.0 Å². The third-order valence-corrected chi connectivity index (χ3v) is 4.87. The highest BCUT2D eigenvalue weighted by atomic mass is 35.5. The highest BCUT2D eigenvalue weighted by Gasteiger charge is 2.29. The van der Waals surface area contributed by atoms with Gasteiger partial charge in [0.15, 0.2) is 0 Å². The van der Waals surface area contributed by atoms with E-state index in [1.165, 1.54) is 12.1 Å². The molecule has 0 fully saturated rings. The number of aromatic nitrogens is 1. The molecule has 0 aliphatic carbocycles. The molecule has 1 aliphatic heterocycles. The van der Waals surface area contributed by atoms with Crippen molar-refractivity contribution in [2.24, 2.45) is 0 Å². The first-order valence-corrected chi connectivity index (χ1v) is 9.53. The van der Waals surface area contributed by atoms with E-state index in [2.05, 4.69) is 15.6 Å². The van der Waals surface area contributed by atoms with Crippen LogP contribution in [-0.4, -0.2) is 22.6 Å². The number of fused-ring (bicyclic) bond motifs is 1. The minimum atomic E-state index is -0.490. The van der Waals surface area contributed by atoms with Gasteiger partial charge >= 0.3 is 0 Å². The van der Waals surface area contributed by atoms with Crippen LogP contribution in [0.5, 0.6) is 0 Å². The maximum absolute atomic E-state index is 13.0. The van der Waals surface area contributed by atoms with Crippen molar-refractivity contribution in [3.63, 3.8) is 0 Å². The Hall–Kier alpha value is -3.77. The number of halogens is 1. The Morgan fingerprint density at radius 2 is 1.90 bits per heavy atom. The van der Waals surface area contributed by atoms with Gasteiger partial charge in [0.2, 0.25) is 5.78 Å². The zero-order valence-corrected chi connectivity index (χ0v) is 16.4. The molecule has 0 saturated heterocycles. The molecule has 0 saturated carbocycles. The number of Topliss-reactive ketones (excluding diaryl/α,β-unsaturated/α-hetero) is 1. The molecule has 0 bridgehead atoms. The maximum atomic E-state index is 13.0. The number of carbonyl (C=O) groups excluding carboxylic acids is 3. The molecule has 7 heteroatoms. The number of amides is 2. The van der Waals surface area contributed by atoms with Gasteiger partial charge < -0.3 is 10.6 Å². The summed E-state index contributed by atoms with van der Waals surface area (Å²) in [6.07, 6.45) is 4.83. The normalized spacial score (nSPS) is 14.2. The first-order chi connectivity index (χ1) is 14.5. The summed E-state index contributed by atoms with van der Waals surface area (Å²) >= 11 is 5.88. The summed E-state index contributed by atoms with van der Waals surface area (Å²) in [6, 6.07) is 15.0. The Bertz CT molecular complexity index is 1170. The number of rotatable bonds is 4. The lowest BCUT2D eigenvalue weighted by Crippen LogP contribution is -2.28. The van der Waals surface area contributed by atoms with Crippen LogP contribution in [0, 0.1) is 0 Å². The highest BCUT2D eigenvalue weighted by molar-refractivity contribution is 6.36. The number of nitrogens with zero attached hydrogens (tertiary/aromatic N) is 1. The summed E-state index contributed by atoms with van der Waals surface area (Å²) in [4.78, 5) is 41.9. The van der Waals surface area contributed by atoms with E-state index in [9.17, 15) is 14.4 Å². The van der Waals surface area contributed by atoms with Gasteiger partial charge in [0.1, 0.15) is 0 Å². The molecule has 2 N–H and O–H groups in total. The number of anilines is 1. The molecule has 30 heavy (non-hydrogen) atoms. The van der Waals surface area contributed by atoms with Gasteiger partial charge in [-0.15, -0.1) is 0 Å². The second kappa shape index (κ2) is 8.31. The van der Waals surface area contributed by atoms with Crippen LogP contribution in [0.15, 0.2) is 72.6 Å². The molecule has 1 aliphatic rings. The Kier molecular flexibility index (Phi) is 5.41. The molecule has 4 rings (SSSR count). The molecular formula is C23H16ClN3O3. The van der Waals surface area contributed by atoms with Crippen molar-refractivity contribution in [3.05, 3.63) is 99.8 Å². The summed E-state index contributed by atoms with van der Waals surface area (Å²) in [5, 5.41) is 6.06. The smallest absolute Gasteiger partial charge is 0.259 e. The molecule has 148 valence electrons. The summed E-state index contributed by atoms with van der Waals surface area (Å²) < 4.78 is 0.